The lowest BCUT2D eigenvalue weighted by Gasteiger charge is -2.19. The minimum atomic E-state index is -3.81. The van der Waals surface area contributed by atoms with Crippen LogP contribution in [0.3, 0.4) is 0 Å². The van der Waals surface area contributed by atoms with E-state index in [9.17, 15) is 18.0 Å². The Hall–Kier alpha value is -4.02. The number of aryl methyl sites for hydroxylation is 1. The van der Waals surface area contributed by atoms with Crippen LogP contribution in [0.1, 0.15) is 28.7 Å². The van der Waals surface area contributed by atoms with Crippen LogP contribution >= 0.6 is 0 Å². The molecule has 194 valence electrons. The molecule has 37 heavy (non-hydrogen) atoms. The summed E-state index contributed by atoms with van der Waals surface area (Å²) in [4.78, 5) is 25.2. The molecule has 2 amide bonds. The van der Waals surface area contributed by atoms with Gasteiger partial charge in [0.15, 0.2) is 0 Å². The van der Waals surface area contributed by atoms with Gasteiger partial charge in [0.05, 0.1) is 12.3 Å². The molecule has 0 bridgehead atoms. The number of amidine groups is 1. The van der Waals surface area contributed by atoms with E-state index in [1.807, 2.05) is 30.3 Å². The van der Waals surface area contributed by atoms with Crippen LogP contribution in [-0.2, 0) is 38.3 Å². The van der Waals surface area contributed by atoms with E-state index >= 15 is 0 Å². The van der Waals surface area contributed by atoms with E-state index < -0.39 is 27.9 Å². The Morgan fingerprint density at radius 2 is 1.41 bits per heavy atom. The van der Waals surface area contributed by atoms with Crippen molar-refractivity contribution in [2.45, 2.75) is 31.2 Å². The van der Waals surface area contributed by atoms with Crippen molar-refractivity contribution in [1.82, 2.24) is 15.4 Å². The highest BCUT2D eigenvalue weighted by molar-refractivity contribution is 7.88. The maximum absolute atomic E-state index is 12.9. The van der Waals surface area contributed by atoms with Crippen molar-refractivity contribution in [2.75, 3.05) is 6.54 Å². The van der Waals surface area contributed by atoms with Crippen LogP contribution in [0.5, 0.6) is 0 Å². The van der Waals surface area contributed by atoms with E-state index in [0.29, 0.717) is 17.5 Å². The molecule has 9 nitrogen and oxygen atoms in total. The monoisotopic (exact) mass is 521 g/mol. The highest BCUT2D eigenvalue weighted by Crippen LogP contribution is 2.10. The molecule has 0 aliphatic heterocycles. The molecule has 0 fully saturated rings. The number of benzene rings is 3. The Kier molecular flexibility index (Phi) is 9.93. The summed E-state index contributed by atoms with van der Waals surface area (Å²) < 4.78 is 28.1. The van der Waals surface area contributed by atoms with Gasteiger partial charge in [-0.1, -0.05) is 84.9 Å². The number of nitrogens with one attached hydrogen (secondary N) is 4. The molecule has 3 aromatic rings. The van der Waals surface area contributed by atoms with E-state index in [2.05, 4.69) is 15.4 Å². The molecule has 0 aromatic heterocycles. The fourth-order valence-corrected chi connectivity index (χ4v) is 4.98. The molecule has 1 atom stereocenters. The Morgan fingerprint density at radius 1 is 0.811 bits per heavy atom. The lowest BCUT2D eigenvalue weighted by atomic mass is 10.1. The van der Waals surface area contributed by atoms with Crippen molar-refractivity contribution in [2.24, 2.45) is 5.73 Å². The highest BCUT2D eigenvalue weighted by Gasteiger charge is 2.25. The number of rotatable bonds is 13. The molecule has 0 radical (unpaired) electrons. The number of amides is 2. The number of carbonyl (C=O) groups is 2. The van der Waals surface area contributed by atoms with Gasteiger partial charge in [-0.15, -0.1) is 0 Å². The maximum Gasteiger partial charge on any atom is 0.239 e. The van der Waals surface area contributed by atoms with Crippen LogP contribution in [0.25, 0.3) is 0 Å². The van der Waals surface area contributed by atoms with E-state index in [1.165, 1.54) is 0 Å². The van der Waals surface area contributed by atoms with E-state index in [-0.39, 0.29) is 31.1 Å². The van der Waals surface area contributed by atoms with Gasteiger partial charge in [0.1, 0.15) is 11.9 Å². The predicted octanol–water partition coefficient (Wildman–Crippen LogP) is 1.82. The van der Waals surface area contributed by atoms with Crippen molar-refractivity contribution in [3.63, 3.8) is 0 Å². The summed E-state index contributed by atoms with van der Waals surface area (Å²) in [6.45, 7) is -0.0688. The molecule has 0 heterocycles. The van der Waals surface area contributed by atoms with E-state index in [1.54, 1.807) is 54.6 Å². The largest absolute Gasteiger partial charge is 0.384 e. The third-order valence-electron chi connectivity index (χ3n) is 5.58. The molecule has 0 saturated carbocycles. The van der Waals surface area contributed by atoms with Crippen molar-refractivity contribution < 1.29 is 18.0 Å². The molecule has 0 aliphatic rings. The second kappa shape index (κ2) is 13.3. The Morgan fingerprint density at radius 3 is 2.00 bits per heavy atom. The number of carbonyl (C=O) groups excluding carboxylic acids is 2. The lowest BCUT2D eigenvalue weighted by Crippen LogP contribution is -2.49. The van der Waals surface area contributed by atoms with Gasteiger partial charge in [-0.05, 0) is 29.5 Å². The zero-order valence-corrected chi connectivity index (χ0v) is 21.1. The van der Waals surface area contributed by atoms with Crippen LogP contribution < -0.4 is 21.1 Å². The summed E-state index contributed by atoms with van der Waals surface area (Å²) in [5.74, 6) is -1.29. The van der Waals surface area contributed by atoms with Crippen LogP contribution in [0.2, 0.25) is 0 Å². The zero-order chi connectivity index (χ0) is 26.7. The molecular weight excluding hydrogens is 490 g/mol. The molecule has 3 rings (SSSR count). The van der Waals surface area contributed by atoms with Crippen molar-refractivity contribution in [3.05, 3.63) is 107 Å². The molecular formula is C27H31N5O4S. The van der Waals surface area contributed by atoms with Gasteiger partial charge in [0.2, 0.25) is 21.8 Å². The third kappa shape index (κ3) is 9.51. The van der Waals surface area contributed by atoms with Crippen LogP contribution in [0, 0.1) is 5.41 Å². The van der Waals surface area contributed by atoms with Gasteiger partial charge >= 0.3 is 0 Å². The van der Waals surface area contributed by atoms with Gasteiger partial charge in [-0.3, -0.25) is 15.0 Å². The molecule has 10 heteroatoms. The fraction of sp³-hybridized carbons (Fsp3) is 0.222. The SMILES string of the molecule is N=C(N)c1ccc(CNC(=O)CNC(=O)[C@H](CCc2ccccc2)NS(=O)(=O)Cc2ccccc2)cc1. The molecule has 3 aromatic carbocycles. The van der Waals surface area contributed by atoms with Gasteiger partial charge < -0.3 is 16.4 Å². The first kappa shape index (κ1) is 27.6. The van der Waals surface area contributed by atoms with E-state index in [4.69, 9.17) is 11.1 Å². The topological polar surface area (TPSA) is 154 Å². The fourth-order valence-electron chi connectivity index (χ4n) is 3.61. The predicted molar refractivity (Wildman–Crippen MR) is 143 cm³/mol. The zero-order valence-electron chi connectivity index (χ0n) is 20.3. The van der Waals surface area contributed by atoms with E-state index in [0.717, 1.165) is 11.1 Å². The van der Waals surface area contributed by atoms with Gasteiger partial charge in [0.25, 0.3) is 0 Å². The summed E-state index contributed by atoms with van der Waals surface area (Å²) >= 11 is 0. The second-order valence-electron chi connectivity index (χ2n) is 8.54. The summed E-state index contributed by atoms with van der Waals surface area (Å²) in [5.41, 5.74) is 8.40. The summed E-state index contributed by atoms with van der Waals surface area (Å²) in [6, 6.07) is 24.0. The Balaban J connectivity index is 1.57. The Bertz CT molecular complexity index is 1300. The number of hydrogen-bond donors (Lipinski definition) is 5. The summed E-state index contributed by atoms with van der Waals surface area (Å²) in [5, 5.41) is 12.7. The number of nitrogen functional groups attached to an aromatic ring is 1. The first-order valence-corrected chi connectivity index (χ1v) is 13.4. The van der Waals surface area contributed by atoms with Crippen LogP contribution in [0.4, 0.5) is 0 Å². The third-order valence-corrected chi connectivity index (χ3v) is 6.94. The standard InChI is InChI=1S/C27H31N5O4S/c28-26(29)23-14-11-21(12-15-23)17-30-25(33)18-31-27(34)24(16-13-20-7-3-1-4-8-20)32-37(35,36)19-22-9-5-2-6-10-22/h1-12,14-15,24,32H,13,16-19H2,(H3,28,29)(H,30,33)(H,31,34)/t24-/m0/s1. The molecule has 6 N–H and O–H groups in total. The first-order chi connectivity index (χ1) is 17.7. The van der Waals surface area contributed by atoms with Crippen molar-refractivity contribution >= 4 is 27.7 Å². The smallest absolute Gasteiger partial charge is 0.239 e. The number of nitrogens with two attached hydrogens (primary N) is 1. The van der Waals surface area contributed by atoms with Gasteiger partial charge in [0, 0.05) is 12.1 Å². The normalized spacial score (nSPS) is 11.9. The first-order valence-electron chi connectivity index (χ1n) is 11.8. The van der Waals surface area contributed by atoms with Crippen LogP contribution in [0.15, 0.2) is 84.9 Å². The van der Waals surface area contributed by atoms with Gasteiger partial charge in [-0.25, -0.2) is 13.1 Å². The lowest BCUT2D eigenvalue weighted by molar-refractivity contribution is -0.127. The average molecular weight is 522 g/mol. The number of hydrogen-bond acceptors (Lipinski definition) is 5. The van der Waals surface area contributed by atoms with Crippen molar-refractivity contribution in [3.8, 4) is 0 Å². The Labute approximate surface area is 217 Å². The van der Waals surface area contributed by atoms with Crippen molar-refractivity contribution in [1.29, 1.82) is 5.41 Å². The summed E-state index contributed by atoms with van der Waals surface area (Å²) in [6.07, 6.45) is 0.712. The molecule has 0 unspecified atom stereocenters. The average Bonchev–Trinajstić information content (AvgIpc) is 2.89. The molecule has 0 aliphatic carbocycles. The highest BCUT2D eigenvalue weighted by atomic mass is 32.2. The minimum Gasteiger partial charge on any atom is -0.384 e. The number of sulfonamides is 1. The maximum atomic E-state index is 12.9. The summed E-state index contributed by atoms with van der Waals surface area (Å²) in [7, 11) is -3.81. The van der Waals surface area contributed by atoms with Crippen LogP contribution in [-0.4, -0.2) is 38.7 Å². The molecule has 0 saturated heterocycles. The van der Waals surface area contributed by atoms with Gasteiger partial charge in [-0.2, -0.15) is 0 Å². The quantitative estimate of drug-likeness (QED) is 0.171. The molecule has 0 spiro atoms. The minimum absolute atomic E-state index is 0.0421. The second-order valence-corrected chi connectivity index (χ2v) is 10.3.